The maximum absolute atomic E-state index is 12.7. The summed E-state index contributed by atoms with van der Waals surface area (Å²) in [6.45, 7) is 6.32. The summed E-state index contributed by atoms with van der Waals surface area (Å²) in [5.74, 6) is 0.500. The van der Waals surface area contributed by atoms with Gasteiger partial charge in [-0.25, -0.2) is 0 Å². The molecule has 0 spiro atoms. The number of carbonyl (C=O) groups is 2. The maximum atomic E-state index is 12.7. The van der Waals surface area contributed by atoms with Gasteiger partial charge in [-0.2, -0.15) is 0 Å². The summed E-state index contributed by atoms with van der Waals surface area (Å²) in [6, 6.07) is 12.5. The van der Waals surface area contributed by atoms with E-state index in [1.54, 1.807) is 18.2 Å². The highest BCUT2D eigenvalue weighted by atomic mass is 32.1. The minimum Gasteiger partial charge on any atom is -0.494 e. The number of thiophene rings is 1. The Labute approximate surface area is 167 Å². The Morgan fingerprint density at radius 3 is 2.57 bits per heavy atom. The second-order valence-corrected chi connectivity index (χ2v) is 7.30. The van der Waals surface area contributed by atoms with Gasteiger partial charge < -0.3 is 19.8 Å². The van der Waals surface area contributed by atoms with Crippen LogP contribution in [0.4, 0.5) is 5.00 Å². The van der Waals surface area contributed by atoms with Crippen molar-refractivity contribution >= 4 is 28.2 Å². The Balaban J connectivity index is 1.65. The van der Waals surface area contributed by atoms with Crippen LogP contribution in [0.15, 0.2) is 53.1 Å². The number of anilines is 1. The molecule has 7 heteroatoms. The van der Waals surface area contributed by atoms with Crippen LogP contribution in [0.1, 0.15) is 51.2 Å². The third-order valence-corrected chi connectivity index (χ3v) is 5.30. The summed E-state index contributed by atoms with van der Waals surface area (Å²) in [7, 11) is 0. The molecule has 0 saturated heterocycles. The van der Waals surface area contributed by atoms with E-state index in [4.69, 9.17) is 9.15 Å². The summed E-state index contributed by atoms with van der Waals surface area (Å²) in [5, 5.41) is 6.35. The van der Waals surface area contributed by atoms with E-state index in [1.807, 2.05) is 45.0 Å². The first-order chi connectivity index (χ1) is 13.5. The molecule has 0 aliphatic carbocycles. The number of carbonyl (C=O) groups excluding carboxylic acids is 2. The zero-order chi connectivity index (χ0) is 20.1. The second-order valence-electron chi connectivity index (χ2n) is 6.25. The molecule has 6 nitrogen and oxygen atoms in total. The molecule has 0 fully saturated rings. The van der Waals surface area contributed by atoms with E-state index in [0.29, 0.717) is 16.5 Å². The van der Waals surface area contributed by atoms with Crippen LogP contribution in [0.2, 0.25) is 0 Å². The first-order valence-corrected chi connectivity index (χ1v) is 9.78. The van der Waals surface area contributed by atoms with Crippen molar-refractivity contribution in [1.29, 1.82) is 0 Å². The predicted octanol–water partition coefficient (Wildman–Crippen LogP) is 4.79. The molecule has 0 bridgehead atoms. The van der Waals surface area contributed by atoms with Gasteiger partial charge in [-0.15, -0.1) is 11.3 Å². The van der Waals surface area contributed by atoms with Gasteiger partial charge in [0.2, 0.25) is 0 Å². The van der Waals surface area contributed by atoms with Crippen molar-refractivity contribution in [2.24, 2.45) is 0 Å². The SMILES string of the molecule is CCOc1ccc([C@@H](C)NC(=O)c2sc(NC(=O)c3ccco3)cc2C)cc1. The molecule has 146 valence electrons. The zero-order valence-electron chi connectivity index (χ0n) is 15.9. The normalized spacial score (nSPS) is 11.7. The van der Waals surface area contributed by atoms with Crippen molar-refractivity contribution in [3.8, 4) is 5.75 Å². The van der Waals surface area contributed by atoms with E-state index in [-0.39, 0.29) is 23.6 Å². The number of furan rings is 1. The van der Waals surface area contributed by atoms with E-state index in [1.165, 1.54) is 17.6 Å². The Hall–Kier alpha value is -3.06. The van der Waals surface area contributed by atoms with Crippen molar-refractivity contribution in [2.45, 2.75) is 26.8 Å². The predicted molar refractivity (Wildman–Crippen MR) is 109 cm³/mol. The third kappa shape index (κ3) is 4.61. The molecular formula is C21H22N2O4S. The van der Waals surface area contributed by atoms with E-state index < -0.39 is 0 Å². The van der Waals surface area contributed by atoms with Crippen LogP contribution in [0.3, 0.4) is 0 Å². The van der Waals surface area contributed by atoms with Crippen LogP contribution in [-0.2, 0) is 0 Å². The average molecular weight is 398 g/mol. The largest absolute Gasteiger partial charge is 0.494 e. The number of ether oxygens (including phenoxy) is 1. The molecule has 3 aromatic rings. The molecule has 0 saturated carbocycles. The van der Waals surface area contributed by atoms with E-state index in [2.05, 4.69) is 10.6 Å². The van der Waals surface area contributed by atoms with Gasteiger partial charge in [-0.3, -0.25) is 9.59 Å². The summed E-state index contributed by atoms with van der Waals surface area (Å²) in [6.07, 6.45) is 1.44. The molecule has 1 atom stereocenters. The summed E-state index contributed by atoms with van der Waals surface area (Å²) in [4.78, 5) is 25.3. The minimum atomic E-state index is -0.346. The summed E-state index contributed by atoms with van der Waals surface area (Å²) in [5.41, 5.74) is 1.79. The highest BCUT2D eigenvalue weighted by molar-refractivity contribution is 7.18. The topological polar surface area (TPSA) is 80.6 Å². The van der Waals surface area contributed by atoms with Crippen LogP contribution in [0, 0.1) is 6.92 Å². The third-order valence-electron chi connectivity index (χ3n) is 4.14. The highest BCUT2D eigenvalue weighted by Crippen LogP contribution is 2.28. The Bertz CT molecular complexity index is 945. The fourth-order valence-corrected chi connectivity index (χ4v) is 3.69. The lowest BCUT2D eigenvalue weighted by atomic mass is 10.1. The van der Waals surface area contributed by atoms with Crippen LogP contribution in [0.5, 0.6) is 5.75 Å². The lowest BCUT2D eigenvalue weighted by molar-refractivity contribution is 0.0942. The van der Waals surface area contributed by atoms with Gasteiger partial charge in [0, 0.05) is 0 Å². The molecule has 0 aliphatic rings. The number of amides is 2. The van der Waals surface area contributed by atoms with Crippen molar-refractivity contribution in [3.05, 3.63) is 70.5 Å². The van der Waals surface area contributed by atoms with E-state index in [9.17, 15) is 9.59 Å². The lowest BCUT2D eigenvalue weighted by Crippen LogP contribution is -2.26. The highest BCUT2D eigenvalue weighted by Gasteiger charge is 2.18. The fourth-order valence-electron chi connectivity index (χ4n) is 2.72. The zero-order valence-corrected chi connectivity index (χ0v) is 16.8. The standard InChI is InChI=1S/C21H22N2O4S/c1-4-26-16-9-7-15(8-10-16)14(3)22-21(25)19-13(2)12-18(28-19)23-20(24)17-6-5-11-27-17/h5-12,14H,4H2,1-3H3,(H,22,25)(H,23,24)/t14-/m1/s1. The number of benzene rings is 1. The van der Waals surface area contributed by atoms with Gasteiger partial charge in [0.05, 0.1) is 28.8 Å². The first kappa shape index (κ1) is 19.7. The molecule has 0 unspecified atom stereocenters. The molecular weight excluding hydrogens is 376 g/mol. The van der Waals surface area contributed by atoms with Crippen LogP contribution >= 0.6 is 11.3 Å². The average Bonchev–Trinajstić information content (AvgIpc) is 3.32. The Morgan fingerprint density at radius 2 is 1.93 bits per heavy atom. The summed E-state index contributed by atoms with van der Waals surface area (Å²) >= 11 is 1.23. The van der Waals surface area contributed by atoms with Crippen LogP contribution in [0.25, 0.3) is 0 Å². The van der Waals surface area contributed by atoms with Crippen LogP contribution in [-0.4, -0.2) is 18.4 Å². The number of hydrogen-bond donors (Lipinski definition) is 2. The van der Waals surface area contributed by atoms with Gasteiger partial charge >= 0.3 is 0 Å². The van der Waals surface area contributed by atoms with Crippen molar-refractivity contribution in [1.82, 2.24) is 5.32 Å². The summed E-state index contributed by atoms with van der Waals surface area (Å²) < 4.78 is 10.5. The van der Waals surface area contributed by atoms with Gasteiger partial charge in [-0.1, -0.05) is 12.1 Å². The van der Waals surface area contributed by atoms with Crippen molar-refractivity contribution in [3.63, 3.8) is 0 Å². The molecule has 28 heavy (non-hydrogen) atoms. The van der Waals surface area contributed by atoms with Crippen molar-refractivity contribution < 1.29 is 18.7 Å². The lowest BCUT2D eigenvalue weighted by Gasteiger charge is -2.14. The molecule has 1 aromatic carbocycles. The molecule has 2 heterocycles. The first-order valence-electron chi connectivity index (χ1n) is 8.96. The molecule has 2 amide bonds. The van der Waals surface area contributed by atoms with Gasteiger partial charge in [0.1, 0.15) is 5.75 Å². The Kier molecular flexibility index (Phi) is 6.16. The minimum absolute atomic E-state index is 0.161. The smallest absolute Gasteiger partial charge is 0.291 e. The Morgan fingerprint density at radius 1 is 1.18 bits per heavy atom. The molecule has 2 N–H and O–H groups in total. The molecule has 0 radical (unpaired) electrons. The molecule has 2 aromatic heterocycles. The van der Waals surface area contributed by atoms with Gasteiger partial charge in [-0.05, 0) is 62.2 Å². The second kappa shape index (κ2) is 8.75. The number of aryl methyl sites for hydroxylation is 1. The van der Waals surface area contributed by atoms with E-state index >= 15 is 0 Å². The monoisotopic (exact) mass is 398 g/mol. The fraction of sp³-hybridized carbons (Fsp3) is 0.238. The maximum Gasteiger partial charge on any atom is 0.291 e. The van der Waals surface area contributed by atoms with Gasteiger partial charge in [0.15, 0.2) is 5.76 Å². The van der Waals surface area contributed by atoms with Gasteiger partial charge in [0.25, 0.3) is 11.8 Å². The quantitative estimate of drug-likeness (QED) is 0.599. The number of nitrogens with one attached hydrogen (secondary N) is 2. The van der Waals surface area contributed by atoms with E-state index in [0.717, 1.165) is 16.9 Å². The molecule has 3 rings (SSSR count). The van der Waals surface area contributed by atoms with Crippen LogP contribution < -0.4 is 15.4 Å². The number of hydrogen-bond acceptors (Lipinski definition) is 5. The van der Waals surface area contributed by atoms with Crippen molar-refractivity contribution in [2.75, 3.05) is 11.9 Å². The molecule has 0 aliphatic heterocycles. The number of rotatable bonds is 7.